The van der Waals surface area contributed by atoms with Gasteiger partial charge in [0.25, 0.3) is 0 Å². The van der Waals surface area contributed by atoms with Gasteiger partial charge in [-0.15, -0.1) is 0 Å². The predicted molar refractivity (Wildman–Crippen MR) is 118 cm³/mol. The SMILES string of the molecule is CC1[C@H]2C[C@@](C)(O)CN2C[C@@H](C(=O)O)N1C(=O)[C@@H](NC(=O)OC(C)(C)C)C1CCCCC1. The van der Waals surface area contributed by atoms with Crippen LogP contribution in [0.3, 0.4) is 0 Å². The molecule has 182 valence electrons. The second kappa shape index (κ2) is 9.17. The van der Waals surface area contributed by atoms with E-state index in [1.807, 2.05) is 11.8 Å². The number of fused-ring (bicyclic) bond motifs is 1. The second-order valence-corrected chi connectivity index (χ2v) is 11.1. The predicted octanol–water partition coefficient (Wildman–Crippen LogP) is 1.97. The van der Waals surface area contributed by atoms with Crippen molar-refractivity contribution < 1.29 is 29.3 Å². The first kappa shape index (κ1) is 24.8. The first-order valence-electron chi connectivity index (χ1n) is 11.8. The number of hydrogen-bond donors (Lipinski definition) is 3. The Morgan fingerprint density at radius 2 is 1.78 bits per heavy atom. The summed E-state index contributed by atoms with van der Waals surface area (Å²) in [6.45, 7) is 9.42. The molecule has 0 aromatic rings. The number of amides is 2. The molecule has 0 radical (unpaired) electrons. The van der Waals surface area contributed by atoms with E-state index in [1.54, 1.807) is 27.7 Å². The molecular weight excluding hydrogens is 414 g/mol. The van der Waals surface area contributed by atoms with Crippen LogP contribution in [-0.2, 0) is 14.3 Å². The van der Waals surface area contributed by atoms with Crippen LogP contribution in [0.15, 0.2) is 0 Å². The van der Waals surface area contributed by atoms with Crippen molar-refractivity contribution >= 4 is 18.0 Å². The number of carbonyl (C=O) groups is 3. The number of nitrogens with zero attached hydrogens (tertiary/aromatic N) is 2. The van der Waals surface area contributed by atoms with Crippen molar-refractivity contribution in [1.82, 2.24) is 15.1 Å². The zero-order valence-corrected chi connectivity index (χ0v) is 20.0. The van der Waals surface area contributed by atoms with Crippen LogP contribution in [0.25, 0.3) is 0 Å². The summed E-state index contributed by atoms with van der Waals surface area (Å²) in [6, 6.07) is -2.40. The largest absolute Gasteiger partial charge is 0.480 e. The lowest BCUT2D eigenvalue weighted by molar-refractivity contribution is -0.160. The van der Waals surface area contributed by atoms with E-state index in [4.69, 9.17) is 4.74 Å². The van der Waals surface area contributed by atoms with Crippen LogP contribution < -0.4 is 5.32 Å². The number of aliphatic carboxylic acids is 1. The van der Waals surface area contributed by atoms with Crippen molar-refractivity contribution in [2.45, 2.75) is 109 Å². The van der Waals surface area contributed by atoms with Crippen molar-refractivity contribution in [3.05, 3.63) is 0 Å². The molecule has 5 atom stereocenters. The molecule has 1 saturated carbocycles. The average molecular weight is 454 g/mol. The number of carbonyl (C=O) groups excluding carboxylic acids is 2. The fourth-order valence-corrected chi connectivity index (χ4v) is 5.65. The molecule has 0 bridgehead atoms. The van der Waals surface area contributed by atoms with Crippen LogP contribution in [0.2, 0.25) is 0 Å². The molecule has 1 aliphatic carbocycles. The highest BCUT2D eigenvalue weighted by atomic mass is 16.6. The molecule has 2 heterocycles. The molecule has 0 spiro atoms. The summed E-state index contributed by atoms with van der Waals surface area (Å²) in [6.07, 6.45) is 4.45. The summed E-state index contributed by atoms with van der Waals surface area (Å²) < 4.78 is 5.42. The van der Waals surface area contributed by atoms with Crippen LogP contribution >= 0.6 is 0 Å². The minimum Gasteiger partial charge on any atom is -0.480 e. The molecular formula is C23H39N3O6. The van der Waals surface area contributed by atoms with E-state index in [2.05, 4.69) is 5.32 Å². The topological polar surface area (TPSA) is 119 Å². The van der Waals surface area contributed by atoms with Gasteiger partial charge in [0.1, 0.15) is 17.7 Å². The molecule has 3 rings (SSSR count). The van der Waals surface area contributed by atoms with E-state index in [1.165, 1.54) is 4.90 Å². The summed E-state index contributed by atoms with van der Waals surface area (Å²) in [7, 11) is 0. The maximum atomic E-state index is 13.9. The Morgan fingerprint density at radius 1 is 1.16 bits per heavy atom. The molecule has 3 aliphatic rings. The number of carboxylic acid groups (broad SMARTS) is 1. The molecule has 1 unspecified atom stereocenters. The maximum absolute atomic E-state index is 13.9. The molecule has 9 heteroatoms. The summed E-state index contributed by atoms with van der Waals surface area (Å²) in [4.78, 5) is 42.1. The molecule has 3 N–H and O–H groups in total. The van der Waals surface area contributed by atoms with Gasteiger partial charge in [-0.2, -0.15) is 0 Å². The molecule has 0 aromatic carbocycles. The third-order valence-electron chi connectivity index (χ3n) is 7.00. The number of nitrogens with one attached hydrogen (secondary N) is 1. The van der Waals surface area contributed by atoms with Crippen LogP contribution in [0.4, 0.5) is 4.79 Å². The number of carboxylic acids is 1. The van der Waals surface area contributed by atoms with E-state index in [9.17, 15) is 24.6 Å². The Labute approximate surface area is 190 Å². The first-order valence-corrected chi connectivity index (χ1v) is 11.8. The summed E-state index contributed by atoms with van der Waals surface area (Å²) in [5.74, 6) is -1.50. The third-order valence-corrected chi connectivity index (χ3v) is 7.00. The Balaban J connectivity index is 1.88. The molecule has 2 saturated heterocycles. The second-order valence-electron chi connectivity index (χ2n) is 11.1. The number of ether oxygens (including phenoxy) is 1. The maximum Gasteiger partial charge on any atom is 0.408 e. The molecule has 3 fully saturated rings. The number of aliphatic hydroxyl groups is 1. The Bertz CT molecular complexity index is 728. The molecule has 0 aromatic heterocycles. The third kappa shape index (κ3) is 5.54. The fraction of sp³-hybridized carbons (Fsp3) is 0.870. The van der Waals surface area contributed by atoms with E-state index >= 15 is 0 Å². The number of piperazine rings is 1. The van der Waals surface area contributed by atoms with Gasteiger partial charge < -0.3 is 25.2 Å². The minimum atomic E-state index is -1.07. The number of hydrogen-bond acceptors (Lipinski definition) is 6. The zero-order chi connectivity index (χ0) is 23.8. The molecule has 2 aliphatic heterocycles. The van der Waals surface area contributed by atoms with Gasteiger partial charge in [0, 0.05) is 25.2 Å². The lowest BCUT2D eigenvalue weighted by atomic mass is 9.82. The van der Waals surface area contributed by atoms with Gasteiger partial charge in [0.05, 0.1) is 5.60 Å². The number of rotatable bonds is 4. The van der Waals surface area contributed by atoms with E-state index in [-0.39, 0.29) is 24.4 Å². The number of alkyl carbamates (subject to hydrolysis) is 1. The van der Waals surface area contributed by atoms with Crippen molar-refractivity contribution in [2.24, 2.45) is 5.92 Å². The minimum absolute atomic E-state index is 0.0601. The normalized spacial score (nSPS) is 32.8. The Kier molecular flexibility index (Phi) is 7.10. The Morgan fingerprint density at radius 3 is 2.34 bits per heavy atom. The highest BCUT2D eigenvalue weighted by molar-refractivity contribution is 5.90. The van der Waals surface area contributed by atoms with Gasteiger partial charge in [0.15, 0.2) is 0 Å². The zero-order valence-electron chi connectivity index (χ0n) is 20.0. The Hall–Kier alpha value is -1.87. The van der Waals surface area contributed by atoms with Crippen LogP contribution in [0.5, 0.6) is 0 Å². The highest BCUT2D eigenvalue weighted by Gasteiger charge is 2.53. The van der Waals surface area contributed by atoms with Gasteiger partial charge in [-0.05, 0) is 59.8 Å². The molecule has 9 nitrogen and oxygen atoms in total. The van der Waals surface area contributed by atoms with E-state index in [0.29, 0.717) is 13.0 Å². The van der Waals surface area contributed by atoms with E-state index in [0.717, 1.165) is 32.1 Å². The van der Waals surface area contributed by atoms with Crippen molar-refractivity contribution in [1.29, 1.82) is 0 Å². The van der Waals surface area contributed by atoms with Crippen LogP contribution in [0, 0.1) is 5.92 Å². The highest BCUT2D eigenvalue weighted by Crippen LogP contribution is 2.36. The van der Waals surface area contributed by atoms with Crippen LogP contribution in [-0.4, -0.2) is 86.4 Å². The standard InChI is InChI=1S/C23H39N3O6/c1-14-16-11-23(5,31)13-25(16)12-17(20(28)29)26(14)19(27)18(15-9-7-6-8-10-15)24-21(30)32-22(2,3)4/h14-18,31H,6-13H2,1-5H3,(H,24,30)(H,28,29)/t14?,16-,17+,18+,23-/m1/s1. The van der Waals surface area contributed by atoms with Crippen LogP contribution in [0.1, 0.15) is 73.1 Å². The van der Waals surface area contributed by atoms with Gasteiger partial charge in [-0.25, -0.2) is 9.59 Å². The average Bonchev–Trinajstić information content (AvgIpc) is 2.99. The summed E-state index contributed by atoms with van der Waals surface area (Å²) >= 11 is 0. The lowest BCUT2D eigenvalue weighted by Crippen LogP contribution is -2.68. The summed E-state index contributed by atoms with van der Waals surface area (Å²) in [5, 5.41) is 23.3. The fourth-order valence-electron chi connectivity index (χ4n) is 5.65. The van der Waals surface area contributed by atoms with Gasteiger partial charge in [-0.1, -0.05) is 19.3 Å². The lowest BCUT2D eigenvalue weighted by Gasteiger charge is -2.48. The monoisotopic (exact) mass is 453 g/mol. The van der Waals surface area contributed by atoms with Crippen molar-refractivity contribution in [2.75, 3.05) is 13.1 Å². The smallest absolute Gasteiger partial charge is 0.408 e. The quantitative estimate of drug-likeness (QED) is 0.595. The van der Waals surface area contributed by atoms with Gasteiger partial charge in [0.2, 0.25) is 5.91 Å². The first-order chi connectivity index (χ1) is 14.8. The van der Waals surface area contributed by atoms with Crippen molar-refractivity contribution in [3.8, 4) is 0 Å². The molecule has 2 amide bonds. The van der Waals surface area contributed by atoms with E-state index < -0.39 is 41.4 Å². The summed E-state index contributed by atoms with van der Waals surface area (Å²) in [5.41, 5.74) is -1.62. The van der Waals surface area contributed by atoms with Crippen molar-refractivity contribution in [3.63, 3.8) is 0 Å². The van der Waals surface area contributed by atoms with Gasteiger partial charge >= 0.3 is 12.1 Å². The molecule has 32 heavy (non-hydrogen) atoms. The van der Waals surface area contributed by atoms with Gasteiger partial charge in [-0.3, -0.25) is 9.69 Å².